The van der Waals surface area contributed by atoms with Crippen LogP contribution in [0.1, 0.15) is 17.3 Å². The van der Waals surface area contributed by atoms with Crippen molar-refractivity contribution in [3.05, 3.63) is 87.8 Å². The molecular formula is C23H19ClN4O6S. The van der Waals surface area contributed by atoms with Gasteiger partial charge in [0.25, 0.3) is 15.9 Å². The molecule has 0 fully saturated rings. The van der Waals surface area contributed by atoms with Gasteiger partial charge in [0.2, 0.25) is 0 Å². The number of nitrogens with one attached hydrogen (secondary N) is 4. The Balaban J connectivity index is 1.39. The van der Waals surface area contributed by atoms with Gasteiger partial charge in [0.1, 0.15) is 0 Å². The Labute approximate surface area is 204 Å². The monoisotopic (exact) mass is 514 g/mol. The van der Waals surface area contributed by atoms with Crippen LogP contribution in [0.4, 0.5) is 11.4 Å². The smallest absolute Gasteiger partial charge is 0.338 e. The molecule has 4 aromatic rings. The molecule has 1 amide bonds. The van der Waals surface area contributed by atoms with Crippen LogP contribution < -0.4 is 15.7 Å². The second-order valence-electron chi connectivity index (χ2n) is 7.51. The van der Waals surface area contributed by atoms with Crippen molar-refractivity contribution in [3.8, 4) is 0 Å². The summed E-state index contributed by atoms with van der Waals surface area (Å²) in [5.74, 6) is -1.27. The zero-order valence-electron chi connectivity index (χ0n) is 18.2. The molecule has 1 aromatic heterocycles. The topological polar surface area (TPSA) is 150 Å². The molecule has 0 saturated heterocycles. The van der Waals surface area contributed by atoms with Gasteiger partial charge in [0.15, 0.2) is 6.10 Å². The Morgan fingerprint density at radius 1 is 0.914 bits per heavy atom. The number of fused-ring (bicyclic) bond motifs is 1. The molecule has 0 aliphatic carbocycles. The van der Waals surface area contributed by atoms with Crippen molar-refractivity contribution in [2.24, 2.45) is 0 Å². The summed E-state index contributed by atoms with van der Waals surface area (Å²) in [7, 11) is -3.95. The lowest BCUT2D eigenvalue weighted by Crippen LogP contribution is -2.30. The van der Waals surface area contributed by atoms with Crippen molar-refractivity contribution in [1.29, 1.82) is 0 Å². The Bertz CT molecular complexity index is 1560. The highest BCUT2D eigenvalue weighted by Gasteiger charge is 2.20. The number of H-pyrrole nitrogens is 2. The van der Waals surface area contributed by atoms with Crippen LogP contribution in [0.25, 0.3) is 11.0 Å². The number of hydrogen-bond acceptors (Lipinski definition) is 6. The number of aromatic nitrogens is 2. The first-order valence-corrected chi connectivity index (χ1v) is 12.1. The van der Waals surface area contributed by atoms with Gasteiger partial charge in [-0.25, -0.2) is 18.0 Å². The summed E-state index contributed by atoms with van der Waals surface area (Å²) in [6.45, 7) is 1.43. The number of ether oxygens (including phenoxy) is 1. The molecule has 4 N–H and O–H groups in total. The maximum absolute atomic E-state index is 12.7. The standard InChI is InChI=1S/C23H19ClN4O6S/c1-13(21(29)25-16-8-4-15(24)5-9-16)34-22(30)14-2-6-17(7-3-14)28-35(32,33)18-10-11-19-20(12-18)27-23(31)26-19/h2-13,28H,1H3,(H,25,29)(H2,26,27,31)/t13-/m1/s1. The van der Waals surface area contributed by atoms with Crippen molar-refractivity contribution in [3.63, 3.8) is 0 Å². The van der Waals surface area contributed by atoms with Gasteiger partial charge in [-0.15, -0.1) is 0 Å². The summed E-state index contributed by atoms with van der Waals surface area (Å²) in [6.07, 6.45) is -1.08. The Kier molecular flexibility index (Phi) is 6.63. The van der Waals surface area contributed by atoms with Crippen LogP contribution >= 0.6 is 11.6 Å². The molecule has 4 rings (SSSR count). The molecule has 1 heterocycles. The molecule has 0 saturated carbocycles. The second kappa shape index (κ2) is 9.65. The third-order valence-corrected chi connectivity index (χ3v) is 6.57. The van der Waals surface area contributed by atoms with E-state index in [9.17, 15) is 22.8 Å². The zero-order chi connectivity index (χ0) is 25.2. The van der Waals surface area contributed by atoms with Crippen molar-refractivity contribution in [2.45, 2.75) is 17.9 Å². The fraction of sp³-hybridized carbons (Fsp3) is 0.0870. The third-order valence-electron chi connectivity index (χ3n) is 4.94. The van der Waals surface area contributed by atoms with Crippen LogP contribution in [0, 0.1) is 0 Å². The second-order valence-corrected chi connectivity index (χ2v) is 9.63. The molecule has 0 aliphatic rings. The Hall–Kier alpha value is -4.09. The summed E-state index contributed by atoms with van der Waals surface area (Å²) in [5.41, 5.74) is 1.23. The fourth-order valence-electron chi connectivity index (χ4n) is 3.13. The highest BCUT2D eigenvalue weighted by atomic mass is 35.5. The predicted molar refractivity (Wildman–Crippen MR) is 131 cm³/mol. The molecule has 0 spiro atoms. The minimum Gasteiger partial charge on any atom is -0.449 e. The average molecular weight is 515 g/mol. The lowest BCUT2D eigenvalue weighted by molar-refractivity contribution is -0.123. The fourth-order valence-corrected chi connectivity index (χ4v) is 4.34. The average Bonchev–Trinajstić information content (AvgIpc) is 3.20. The number of aromatic amines is 2. The van der Waals surface area contributed by atoms with Crippen LogP contribution in [-0.2, 0) is 19.6 Å². The summed E-state index contributed by atoms with van der Waals surface area (Å²) in [5, 5.41) is 3.14. The van der Waals surface area contributed by atoms with Crippen LogP contribution in [-0.4, -0.2) is 36.4 Å². The van der Waals surface area contributed by atoms with Gasteiger partial charge >= 0.3 is 11.7 Å². The number of sulfonamides is 1. The van der Waals surface area contributed by atoms with Crippen molar-refractivity contribution < 1.29 is 22.7 Å². The Morgan fingerprint density at radius 2 is 1.54 bits per heavy atom. The lowest BCUT2D eigenvalue weighted by Gasteiger charge is -2.14. The molecule has 35 heavy (non-hydrogen) atoms. The minimum atomic E-state index is -3.95. The number of imidazole rings is 1. The highest BCUT2D eigenvalue weighted by Crippen LogP contribution is 2.20. The van der Waals surface area contributed by atoms with Gasteiger partial charge < -0.3 is 20.0 Å². The number of benzene rings is 3. The van der Waals surface area contributed by atoms with E-state index < -0.39 is 33.7 Å². The van der Waals surface area contributed by atoms with E-state index in [1.165, 1.54) is 49.4 Å². The van der Waals surface area contributed by atoms with Gasteiger partial charge in [0, 0.05) is 16.4 Å². The van der Waals surface area contributed by atoms with Crippen LogP contribution in [0.5, 0.6) is 0 Å². The quantitative estimate of drug-likeness (QED) is 0.277. The first-order valence-electron chi connectivity index (χ1n) is 10.2. The largest absolute Gasteiger partial charge is 0.449 e. The van der Waals surface area contributed by atoms with Gasteiger partial charge in [0.05, 0.1) is 21.5 Å². The molecule has 180 valence electrons. The molecule has 0 radical (unpaired) electrons. The first-order chi connectivity index (χ1) is 16.6. The number of carbonyl (C=O) groups excluding carboxylic acids is 2. The zero-order valence-corrected chi connectivity index (χ0v) is 19.7. The van der Waals surface area contributed by atoms with E-state index in [4.69, 9.17) is 16.3 Å². The number of halogens is 1. The first kappa shape index (κ1) is 24.0. The highest BCUT2D eigenvalue weighted by molar-refractivity contribution is 7.92. The lowest BCUT2D eigenvalue weighted by atomic mass is 10.2. The van der Waals surface area contributed by atoms with E-state index >= 15 is 0 Å². The van der Waals surface area contributed by atoms with Gasteiger partial charge in [-0.05, 0) is 73.7 Å². The number of rotatable bonds is 7. The maximum atomic E-state index is 12.7. The summed E-state index contributed by atoms with van der Waals surface area (Å²) < 4.78 is 33.0. The van der Waals surface area contributed by atoms with Crippen molar-refractivity contribution in [1.82, 2.24) is 9.97 Å². The molecule has 10 nitrogen and oxygen atoms in total. The number of anilines is 2. The number of hydrogen-bond donors (Lipinski definition) is 4. The van der Waals surface area contributed by atoms with Crippen LogP contribution in [0.2, 0.25) is 5.02 Å². The number of amides is 1. The van der Waals surface area contributed by atoms with Crippen molar-refractivity contribution in [2.75, 3.05) is 10.0 Å². The van der Waals surface area contributed by atoms with E-state index in [2.05, 4.69) is 20.0 Å². The van der Waals surface area contributed by atoms with Gasteiger partial charge in [-0.2, -0.15) is 0 Å². The molecule has 0 unspecified atom stereocenters. The summed E-state index contributed by atoms with van der Waals surface area (Å²) >= 11 is 5.81. The van der Waals surface area contributed by atoms with Crippen LogP contribution in [0.15, 0.2) is 76.4 Å². The van der Waals surface area contributed by atoms with Crippen LogP contribution in [0.3, 0.4) is 0 Å². The molecule has 3 aromatic carbocycles. The molecule has 0 aliphatic heterocycles. The predicted octanol–water partition coefficient (Wildman–Crippen LogP) is 3.49. The minimum absolute atomic E-state index is 0.0516. The molecule has 1 atom stereocenters. The van der Waals surface area contributed by atoms with E-state index in [-0.39, 0.29) is 16.1 Å². The summed E-state index contributed by atoms with van der Waals surface area (Å²) in [4.78, 5) is 41.1. The molecule has 12 heteroatoms. The third kappa shape index (κ3) is 5.70. The van der Waals surface area contributed by atoms with E-state index in [0.717, 1.165) is 0 Å². The number of esters is 1. The van der Waals surface area contributed by atoms with E-state index in [1.807, 2.05) is 0 Å². The SMILES string of the molecule is C[C@@H](OC(=O)c1ccc(NS(=O)(=O)c2ccc3[nH]c(=O)[nH]c3c2)cc1)C(=O)Nc1ccc(Cl)cc1. The van der Waals surface area contributed by atoms with E-state index in [0.29, 0.717) is 21.7 Å². The van der Waals surface area contributed by atoms with E-state index in [1.54, 1.807) is 24.3 Å². The molecule has 0 bridgehead atoms. The molecular weight excluding hydrogens is 496 g/mol. The van der Waals surface area contributed by atoms with Crippen molar-refractivity contribution >= 4 is 55.9 Å². The van der Waals surface area contributed by atoms with Gasteiger partial charge in [-0.1, -0.05) is 11.6 Å². The maximum Gasteiger partial charge on any atom is 0.338 e. The normalized spacial score (nSPS) is 12.2. The Morgan fingerprint density at radius 3 is 2.23 bits per heavy atom. The van der Waals surface area contributed by atoms with Gasteiger partial charge in [-0.3, -0.25) is 9.52 Å². The summed E-state index contributed by atoms with van der Waals surface area (Å²) in [6, 6.07) is 16.2. The number of carbonyl (C=O) groups is 2.